The maximum atomic E-state index is 13.9. The number of halogens is 4. The largest absolute Gasteiger partial charge is 0.465 e. The van der Waals surface area contributed by atoms with E-state index in [1.807, 2.05) is 5.32 Å². The number of carbonyl (C=O) groups excluding carboxylic acids is 2. The number of amides is 2. The number of nitrogens with one attached hydrogen (secondary N) is 2. The molecule has 2 amide bonds. The van der Waals surface area contributed by atoms with Crippen molar-refractivity contribution >= 4 is 29.2 Å². The van der Waals surface area contributed by atoms with Gasteiger partial charge in [-0.05, 0) is 37.5 Å². The molecule has 1 atom stereocenters. The van der Waals surface area contributed by atoms with Crippen LogP contribution >= 0.6 is 0 Å². The summed E-state index contributed by atoms with van der Waals surface area (Å²) >= 11 is 0. The molecule has 1 unspecified atom stereocenters. The summed E-state index contributed by atoms with van der Waals surface area (Å²) in [4.78, 5) is 36.4. The topological polar surface area (TPSA) is 145 Å². The third kappa shape index (κ3) is 7.18. The molecule has 0 radical (unpaired) electrons. The van der Waals surface area contributed by atoms with E-state index in [4.69, 9.17) is 14.6 Å². The standard InChI is InChI=1S/C25H23F4N5O6/c26-18-10-20(32-24(37)38)19(9-17(18)25(27,28)29)31-22(36)11-21(35)14-4-3-5-15(8-14)34-16(12-30-33-34)13-40-23-6-1-2-7-39-23/h3-5,8-10,12,23,32H,1-2,6-7,11,13H2,(H,31,36)(H,37,38). The Morgan fingerprint density at radius 3 is 2.60 bits per heavy atom. The highest BCUT2D eigenvalue weighted by Crippen LogP contribution is 2.36. The number of rotatable bonds is 9. The van der Waals surface area contributed by atoms with Gasteiger partial charge in [0.1, 0.15) is 5.82 Å². The Hall–Kier alpha value is -4.37. The summed E-state index contributed by atoms with van der Waals surface area (Å²) in [7, 11) is 0. The Kier molecular flexibility index (Phi) is 8.74. The fraction of sp³-hybridized carbons (Fsp3) is 0.320. The molecule has 1 fully saturated rings. The average Bonchev–Trinajstić information content (AvgIpc) is 3.37. The fourth-order valence-corrected chi connectivity index (χ4v) is 3.96. The molecule has 15 heteroatoms. The average molecular weight is 565 g/mol. The molecule has 1 aliphatic heterocycles. The van der Waals surface area contributed by atoms with E-state index in [-0.39, 0.29) is 30.6 Å². The minimum Gasteiger partial charge on any atom is -0.465 e. The number of alkyl halides is 3. The zero-order valence-corrected chi connectivity index (χ0v) is 20.7. The molecule has 11 nitrogen and oxygen atoms in total. The Morgan fingerprint density at radius 1 is 1.12 bits per heavy atom. The lowest BCUT2D eigenvalue weighted by molar-refractivity contribution is -0.169. The van der Waals surface area contributed by atoms with Gasteiger partial charge in [0.2, 0.25) is 5.91 Å². The van der Waals surface area contributed by atoms with Crippen molar-refractivity contribution in [2.24, 2.45) is 0 Å². The molecule has 0 aliphatic carbocycles. The number of carboxylic acid groups (broad SMARTS) is 1. The lowest BCUT2D eigenvalue weighted by Gasteiger charge is -2.22. The molecule has 0 spiro atoms. The lowest BCUT2D eigenvalue weighted by atomic mass is 10.1. The monoisotopic (exact) mass is 565 g/mol. The van der Waals surface area contributed by atoms with Crippen molar-refractivity contribution in [3.63, 3.8) is 0 Å². The summed E-state index contributed by atoms with van der Waals surface area (Å²) in [6.45, 7) is 0.754. The van der Waals surface area contributed by atoms with Crippen LogP contribution in [0.2, 0.25) is 0 Å². The van der Waals surface area contributed by atoms with Crippen molar-refractivity contribution in [2.75, 3.05) is 17.2 Å². The van der Waals surface area contributed by atoms with Crippen molar-refractivity contribution in [2.45, 2.75) is 44.8 Å². The van der Waals surface area contributed by atoms with E-state index >= 15 is 0 Å². The Balaban J connectivity index is 1.47. The first-order chi connectivity index (χ1) is 19.0. The summed E-state index contributed by atoms with van der Waals surface area (Å²) in [6.07, 6.45) is -3.76. The van der Waals surface area contributed by atoms with Gasteiger partial charge >= 0.3 is 12.3 Å². The zero-order chi connectivity index (χ0) is 28.9. The van der Waals surface area contributed by atoms with Crippen LogP contribution in [0.5, 0.6) is 0 Å². The third-order valence-electron chi connectivity index (χ3n) is 5.84. The molecule has 1 saturated heterocycles. The van der Waals surface area contributed by atoms with E-state index in [9.17, 15) is 31.9 Å². The van der Waals surface area contributed by atoms with Crippen molar-refractivity contribution in [3.05, 3.63) is 65.2 Å². The van der Waals surface area contributed by atoms with Gasteiger partial charge in [0, 0.05) is 18.2 Å². The molecule has 0 bridgehead atoms. The molecule has 1 aliphatic rings. The van der Waals surface area contributed by atoms with Crippen LogP contribution in [0.4, 0.5) is 33.7 Å². The quantitative estimate of drug-likeness (QED) is 0.191. The van der Waals surface area contributed by atoms with Crippen LogP contribution in [0.3, 0.4) is 0 Å². The van der Waals surface area contributed by atoms with Crippen molar-refractivity contribution in [1.82, 2.24) is 15.0 Å². The number of ketones is 1. The van der Waals surface area contributed by atoms with Gasteiger partial charge in [-0.25, -0.2) is 13.9 Å². The van der Waals surface area contributed by atoms with Crippen LogP contribution in [-0.2, 0) is 27.1 Å². The third-order valence-corrected chi connectivity index (χ3v) is 5.84. The normalized spacial score (nSPS) is 15.4. The number of anilines is 2. The number of Topliss-reactive ketones (excluding diaryl/α,β-unsaturated/α-hetero) is 1. The first-order valence-corrected chi connectivity index (χ1v) is 12.0. The maximum Gasteiger partial charge on any atom is 0.419 e. The second-order valence-electron chi connectivity index (χ2n) is 8.75. The number of aromatic nitrogens is 3. The van der Waals surface area contributed by atoms with Gasteiger partial charge in [0.05, 0.1) is 47.5 Å². The zero-order valence-electron chi connectivity index (χ0n) is 20.7. The highest BCUT2D eigenvalue weighted by Gasteiger charge is 2.35. The fourth-order valence-electron chi connectivity index (χ4n) is 3.96. The van der Waals surface area contributed by atoms with Crippen molar-refractivity contribution < 1.29 is 46.5 Å². The Bertz CT molecular complexity index is 1400. The van der Waals surface area contributed by atoms with Gasteiger partial charge in [0.25, 0.3) is 0 Å². The van der Waals surface area contributed by atoms with Gasteiger partial charge in [0.15, 0.2) is 12.1 Å². The Labute approximate surface area is 224 Å². The number of hydrogen-bond acceptors (Lipinski definition) is 7. The molecular weight excluding hydrogens is 542 g/mol. The Morgan fingerprint density at radius 2 is 1.90 bits per heavy atom. The maximum absolute atomic E-state index is 13.9. The molecule has 212 valence electrons. The number of benzene rings is 2. The summed E-state index contributed by atoms with van der Waals surface area (Å²) in [6, 6.07) is 6.60. The van der Waals surface area contributed by atoms with Crippen LogP contribution < -0.4 is 10.6 Å². The molecule has 3 aromatic rings. The molecule has 1 aromatic heterocycles. The van der Waals surface area contributed by atoms with Crippen molar-refractivity contribution in [3.8, 4) is 5.69 Å². The van der Waals surface area contributed by atoms with Crippen LogP contribution in [0.15, 0.2) is 42.6 Å². The minimum atomic E-state index is -5.11. The van der Waals surface area contributed by atoms with Crippen LogP contribution in [-0.4, -0.2) is 50.8 Å². The van der Waals surface area contributed by atoms with Crippen LogP contribution in [0.1, 0.15) is 47.3 Å². The van der Waals surface area contributed by atoms with Gasteiger partial charge in [-0.15, -0.1) is 5.10 Å². The van der Waals surface area contributed by atoms with E-state index in [0.29, 0.717) is 18.0 Å². The molecule has 40 heavy (non-hydrogen) atoms. The summed E-state index contributed by atoms with van der Waals surface area (Å²) < 4.78 is 66.1. The molecular formula is C25H23F4N5O6. The van der Waals surface area contributed by atoms with Crippen molar-refractivity contribution in [1.29, 1.82) is 0 Å². The van der Waals surface area contributed by atoms with Gasteiger partial charge in [-0.1, -0.05) is 17.3 Å². The predicted molar refractivity (Wildman–Crippen MR) is 130 cm³/mol. The first-order valence-electron chi connectivity index (χ1n) is 12.0. The number of nitrogens with zero attached hydrogens (tertiary/aromatic N) is 3. The second-order valence-corrected chi connectivity index (χ2v) is 8.75. The van der Waals surface area contributed by atoms with E-state index in [1.165, 1.54) is 23.0 Å². The molecule has 2 heterocycles. The predicted octanol–water partition coefficient (Wildman–Crippen LogP) is 4.77. The highest BCUT2D eigenvalue weighted by molar-refractivity contribution is 6.12. The van der Waals surface area contributed by atoms with E-state index in [2.05, 4.69) is 10.3 Å². The smallest absolute Gasteiger partial charge is 0.419 e. The molecule has 4 rings (SSSR count). The van der Waals surface area contributed by atoms with Gasteiger partial charge in [-0.3, -0.25) is 14.9 Å². The van der Waals surface area contributed by atoms with Crippen LogP contribution in [0, 0.1) is 5.82 Å². The van der Waals surface area contributed by atoms with Crippen LogP contribution in [0.25, 0.3) is 5.69 Å². The number of hydrogen-bond donors (Lipinski definition) is 3. The van der Waals surface area contributed by atoms with Gasteiger partial charge in [-0.2, -0.15) is 13.2 Å². The molecule has 2 aromatic carbocycles. The molecule has 3 N–H and O–H groups in total. The van der Waals surface area contributed by atoms with Gasteiger partial charge < -0.3 is 19.9 Å². The molecule has 0 saturated carbocycles. The summed E-state index contributed by atoms with van der Waals surface area (Å²) in [5, 5.41) is 20.6. The highest BCUT2D eigenvalue weighted by atomic mass is 19.4. The summed E-state index contributed by atoms with van der Waals surface area (Å²) in [5.74, 6) is -3.49. The van der Waals surface area contributed by atoms with E-state index in [1.54, 1.807) is 17.4 Å². The number of carbonyl (C=O) groups is 3. The lowest BCUT2D eigenvalue weighted by Crippen LogP contribution is -2.22. The summed E-state index contributed by atoms with van der Waals surface area (Å²) in [5.41, 5.74) is -1.93. The second kappa shape index (κ2) is 12.2. The van der Waals surface area contributed by atoms with E-state index < -0.39 is 53.1 Å². The SMILES string of the molecule is O=C(O)Nc1cc(F)c(C(F)(F)F)cc1NC(=O)CC(=O)c1cccc(-n2nncc2COC2CCCCO2)c1. The van der Waals surface area contributed by atoms with E-state index in [0.717, 1.165) is 19.3 Å². The minimum absolute atomic E-state index is 0.0876. The first kappa shape index (κ1) is 28.6. The number of ether oxygens (including phenoxy) is 2.